The van der Waals surface area contributed by atoms with E-state index >= 15 is 0 Å². The maximum Gasteiger partial charge on any atom is 0.267 e. The first-order valence-corrected chi connectivity index (χ1v) is 11.4. The summed E-state index contributed by atoms with van der Waals surface area (Å²) in [5, 5.41) is 12.0. The lowest BCUT2D eigenvalue weighted by Gasteiger charge is -2.26. The van der Waals surface area contributed by atoms with Crippen LogP contribution in [0, 0.1) is 5.41 Å². The number of ether oxygens (including phenoxy) is 2. The van der Waals surface area contributed by atoms with Gasteiger partial charge in [-0.2, -0.15) is 0 Å². The third-order valence-corrected chi connectivity index (χ3v) is 6.29. The van der Waals surface area contributed by atoms with Gasteiger partial charge in [0.05, 0.1) is 36.8 Å². The highest BCUT2D eigenvalue weighted by atomic mass is 16.5. The van der Waals surface area contributed by atoms with Crippen LogP contribution in [-0.2, 0) is 16.0 Å². The lowest BCUT2D eigenvalue weighted by Crippen LogP contribution is -2.42. The summed E-state index contributed by atoms with van der Waals surface area (Å²) in [7, 11) is 0. The number of amides is 1. The van der Waals surface area contributed by atoms with E-state index in [1.54, 1.807) is 22.9 Å². The van der Waals surface area contributed by atoms with E-state index in [2.05, 4.69) is 15.2 Å². The van der Waals surface area contributed by atoms with Gasteiger partial charge in [0, 0.05) is 39.0 Å². The topological polar surface area (TPSA) is 114 Å². The molecule has 2 saturated heterocycles. The number of nitrogens with zero attached hydrogens (tertiary/aromatic N) is 4. The Bertz CT molecular complexity index is 1290. The highest BCUT2D eigenvalue weighted by Crippen LogP contribution is 2.16. The molecule has 0 bridgehead atoms. The summed E-state index contributed by atoms with van der Waals surface area (Å²) in [6.07, 6.45) is 3.41. The Kier molecular flexibility index (Phi) is 6.21. The van der Waals surface area contributed by atoms with E-state index in [9.17, 15) is 9.59 Å². The number of hydrogen-bond donors (Lipinski definition) is 2. The average Bonchev–Trinajstić information content (AvgIpc) is 3.35. The minimum atomic E-state index is -0.367. The van der Waals surface area contributed by atoms with Crippen LogP contribution in [0.4, 0.5) is 0 Å². The van der Waals surface area contributed by atoms with Crippen molar-refractivity contribution in [3.05, 3.63) is 51.9 Å². The summed E-state index contributed by atoms with van der Waals surface area (Å²) in [6, 6.07) is 6.84. The standard InChI is InChI=1S/C23H28N6O4/c24-20-17(22(30)25-6-8-27-9-12-32-13-10-27)14-18-21(29(20)15-16-4-3-11-33-16)26-19-5-1-2-7-28(19)23(18)31/h1-2,5,7,14,16,24H,3-4,6,8-13,15H2,(H,25,30)/t16-/m1/s1. The summed E-state index contributed by atoms with van der Waals surface area (Å²) < 4.78 is 14.2. The third kappa shape index (κ3) is 4.41. The predicted molar refractivity (Wildman–Crippen MR) is 121 cm³/mol. The van der Waals surface area contributed by atoms with Crippen LogP contribution in [0.25, 0.3) is 16.7 Å². The summed E-state index contributed by atoms with van der Waals surface area (Å²) in [6.45, 7) is 5.29. The SMILES string of the molecule is N=c1c(C(=O)NCCN2CCOCC2)cc2c(=O)n3ccccc3nc2n1C[C@H]1CCCO1. The van der Waals surface area contributed by atoms with Crippen molar-refractivity contribution in [2.24, 2.45) is 0 Å². The number of aromatic nitrogens is 3. The van der Waals surface area contributed by atoms with Crippen molar-refractivity contribution in [3.8, 4) is 0 Å². The van der Waals surface area contributed by atoms with Gasteiger partial charge in [-0.3, -0.25) is 24.3 Å². The van der Waals surface area contributed by atoms with Gasteiger partial charge in [0.15, 0.2) is 0 Å². The van der Waals surface area contributed by atoms with E-state index < -0.39 is 0 Å². The summed E-state index contributed by atoms with van der Waals surface area (Å²) in [5.74, 6) is -0.367. The number of carbonyl (C=O) groups is 1. The van der Waals surface area contributed by atoms with E-state index in [0.29, 0.717) is 56.1 Å². The van der Waals surface area contributed by atoms with Gasteiger partial charge in [0.1, 0.15) is 16.8 Å². The van der Waals surface area contributed by atoms with E-state index in [0.717, 1.165) is 25.9 Å². The number of hydrogen-bond acceptors (Lipinski definition) is 7. The van der Waals surface area contributed by atoms with Gasteiger partial charge in [-0.05, 0) is 31.0 Å². The molecule has 5 heterocycles. The van der Waals surface area contributed by atoms with E-state index in [-0.39, 0.29) is 28.6 Å². The molecule has 0 aromatic carbocycles. The Morgan fingerprint density at radius 2 is 2.09 bits per heavy atom. The molecule has 0 unspecified atom stereocenters. The van der Waals surface area contributed by atoms with Crippen molar-refractivity contribution in [1.82, 2.24) is 24.2 Å². The molecule has 2 N–H and O–H groups in total. The molecule has 0 aliphatic carbocycles. The molecule has 174 valence electrons. The Labute approximate surface area is 190 Å². The molecule has 2 aliphatic rings. The molecule has 33 heavy (non-hydrogen) atoms. The largest absolute Gasteiger partial charge is 0.379 e. The van der Waals surface area contributed by atoms with Gasteiger partial charge >= 0.3 is 0 Å². The minimum Gasteiger partial charge on any atom is -0.379 e. The van der Waals surface area contributed by atoms with Crippen LogP contribution in [0.2, 0.25) is 0 Å². The van der Waals surface area contributed by atoms with Gasteiger partial charge in [-0.15, -0.1) is 0 Å². The zero-order chi connectivity index (χ0) is 22.8. The quantitative estimate of drug-likeness (QED) is 0.523. The van der Waals surface area contributed by atoms with E-state index in [1.165, 1.54) is 10.5 Å². The van der Waals surface area contributed by atoms with Crippen LogP contribution in [0.3, 0.4) is 0 Å². The fourth-order valence-electron chi connectivity index (χ4n) is 4.48. The van der Waals surface area contributed by atoms with Crippen molar-refractivity contribution < 1.29 is 14.3 Å². The van der Waals surface area contributed by atoms with Crippen molar-refractivity contribution in [2.75, 3.05) is 46.0 Å². The smallest absolute Gasteiger partial charge is 0.267 e. The zero-order valence-corrected chi connectivity index (χ0v) is 18.5. The first-order chi connectivity index (χ1) is 16.1. The fourth-order valence-corrected chi connectivity index (χ4v) is 4.48. The number of nitrogens with one attached hydrogen (secondary N) is 2. The highest BCUT2D eigenvalue weighted by molar-refractivity contribution is 5.96. The number of fused-ring (bicyclic) bond motifs is 2. The second-order valence-electron chi connectivity index (χ2n) is 8.45. The van der Waals surface area contributed by atoms with Crippen molar-refractivity contribution in [3.63, 3.8) is 0 Å². The Morgan fingerprint density at radius 3 is 2.88 bits per heavy atom. The molecule has 2 fully saturated rings. The molecule has 0 spiro atoms. The second kappa shape index (κ2) is 9.42. The van der Waals surface area contributed by atoms with Crippen molar-refractivity contribution in [2.45, 2.75) is 25.5 Å². The first-order valence-electron chi connectivity index (χ1n) is 11.4. The lowest BCUT2D eigenvalue weighted by atomic mass is 10.1. The highest BCUT2D eigenvalue weighted by Gasteiger charge is 2.22. The first kappa shape index (κ1) is 21.7. The van der Waals surface area contributed by atoms with E-state index in [1.807, 2.05) is 6.07 Å². The molecule has 0 saturated carbocycles. The van der Waals surface area contributed by atoms with Crippen LogP contribution in [0.5, 0.6) is 0 Å². The van der Waals surface area contributed by atoms with Gasteiger partial charge < -0.3 is 19.4 Å². The molecule has 10 nitrogen and oxygen atoms in total. The molecule has 10 heteroatoms. The van der Waals surface area contributed by atoms with Crippen LogP contribution < -0.4 is 16.4 Å². The third-order valence-electron chi connectivity index (χ3n) is 6.29. The van der Waals surface area contributed by atoms with Crippen molar-refractivity contribution >= 4 is 22.6 Å². The van der Waals surface area contributed by atoms with Crippen LogP contribution >= 0.6 is 0 Å². The number of rotatable bonds is 6. The van der Waals surface area contributed by atoms with Crippen molar-refractivity contribution in [1.29, 1.82) is 5.41 Å². The van der Waals surface area contributed by atoms with Gasteiger partial charge in [0.25, 0.3) is 11.5 Å². The predicted octanol–water partition coefficient (Wildman–Crippen LogP) is 0.370. The molecular weight excluding hydrogens is 424 g/mol. The Morgan fingerprint density at radius 1 is 1.24 bits per heavy atom. The molecule has 1 atom stereocenters. The summed E-state index contributed by atoms with van der Waals surface area (Å²) >= 11 is 0. The van der Waals surface area contributed by atoms with E-state index in [4.69, 9.17) is 14.9 Å². The second-order valence-corrected chi connectivity index (χ2v) is 8.45. The molecule has 0 radical (unpaired) electrons. The molecule has 2 aliphatic heterocycles. The molecule has 1 amide bonds. The summed E-state index contributed by atoms with van der Waals surface area (Å²) in [5.41, 5.74) is 0.833. The monoisotopic (exact) mass is 452 g/mol. The molecular formula is C23H28N6O4. The van der Waals surface area contributed by atoms with Crippen LogP contribution in [0.1, 0.15) is 23.2 Å². The lowest BCUT2D eigenvalue weighted by molar-refractivity contribution is 0.0383. The fraction of sp³-hybridized carbons (Fsp3) is 0.478. The number of carbonyl (C=O) groups excluding carboxylic acids is 1. The average molecular weight is 453 g/mol. The van der Waals surface area contributed by atoms with Crippen LogP contribution in [0.15, 0.2) is 35.3 Å². The minimum absolute atomic E-state index is 0.0362. The van der Waals surface area contributed by atoms with Gasteiger partial charge in [0.2, 0.25) is 0 Å². The van der Waals surface area contributed by atoms with Gasteiger partial charge in [-0.25, -0.2) is 4.98 Å². The Balaban J connectivity index is 1.52. The van der Waals surface area contributed by atoms with Crippen LogP contribution in [-0.4, -0.2) is 76.9 Å². The summed E-state index contributed by atoms with van der Waals surface area (Å²) in [4.78, 5) is 33.2. The Hall–Kier alpha value is -3.08. The number of pyridine rings is 2. The molecule has 3 aromatic heterocycles. The normalized spacial score (nSPS) is 19.3. The molecule has 3 aromatic rings. The van der Waals surface area contributed by atoms with Gasteiger partial charge in [-0.1, -0.05) is 6.07 Å². The molecule has 5 rings (SSSR count). The zero-order valence-electron chi connectivity index (χ0n) is 18.5. The number of morpholine rings is 1. The maximum absolute atomic E-state index is 13.3. The maximum atomic E-state index is 13.3.